The molecule has 1 fully saturated rings. The fourth-order valence-corrected chi connectivity index (χ4v) is 2.91. The molecule has 1 saturated heterocycles. The van der Waals surface area contributed by atoms with Crippen LogP contribution in [-0.4, -0.2) is 24.5 Å². The third kappa shape index (κ3) is 4.45. The highest BCUT2D eigenvalue weighted by molar-refractivity contribution is 5.28. The van der Waals surface area contributed by atoms with E-state index in [0.29, 0.717) is 12.1 Å². The summed E-state index contributed by atoms with van der Waals surface area (Å²) in [6.07, 6.45) is -0.791. The Morgan fingerprint density at radius 1 is 1.29 bits per heavy atom. The first kappa shape index (κ1) is 16.3. The van der Waals surface area contributed by atoms with Crippen molar-refractivity contribution in [3.8, 4) is 0 Å². The van der Waals surface area contributed by atoms with E-state index in [2.05, 4.69) is 11.8 Å². The van der Waals surface area contributed by atoms with Crippen molar-refractivity contribution in [1.29, 1.82) is 0 Å². The molecule has 2 N–H and O–H groups in total. The van der Waals surface area contributed by atoms with Crippen LogP contribution in [0.1, 0.15) is 43.4 Å². The Kier molecular flexibility index (Phi) is 5.27. The molecule has 1 atom stereocenters. The van der Waals surface area contributed by atoms with Gasteiger partial charge in [0.15, 0.2) is 0 Å². The van der Waals surface area contributed by atoms with Gasteiger partial charge in [0.05, 0.1) is 5.56 Å². The van der Waals surface area contributed by atoms with Gasteiger partial charge < -0.3 is 10.6 Å². The maximum Gasteiger partial charge on any atom is 0.416 e. The van der Waals surface area contributed by atoms with E-state index < -0.39 is 11.7 Å². The molecule has 0 aromatic heterocycles. The van der Waals surface area contributed by atoms with Crippen LogP contribution in [0.15, 0.2) is 24.3 Å². The zero-order valence-electron chi connectivity index (χ0n) is 12.4. The van der Waals surface area contributed by atoms with Crippen LogP contribution >= 0.6 is 0 Å². The summed E-state index contributed by atoms with van der Waals surface area (Å²) in [5, 5.41) is 0. The van der Waals surface area contributed by atoms with Crippen molar-refractivity contribution in [2.24, 2.45) is 11.7 Å². The summed E-state index contributed by atoms with van der Waals surface area (Å²) in [6, 6.07) is 5.00. The van der Waals surface area contributed by atoms with Crippen molar-refractivity contribution in [2.45, 2.75) is 38.4 Å². The molecule has 1 aromatic rings. The Morgan fingerprint density at radius 3 is 2.52 bits per heavy atom. The Labute approximate surface area is 124 Å². The largest absolute Gasteiger partial charge is 0.416 e. The molecular weight excluding hydrogens is 277 g/mol. The highest BCUT2D eigenvalue weighted by Crippen LogP contribution is 2.30. The molecule has 0 bridgehead atoms. The number of rotatable bonds is 4. The number of alkyl halides is 3. The molecule has 0 radical (unpaired) electrons. The number of likely N-dealkylation sites (tertiary alicyclic amines) is 1. The number of benzene rings is 1. The Balaban J connectivity index is 1.96. The third-order valence-electron chi connectivity index (χ3n) is 4.38. The molecule has 118 valence electrons. The standard InChI is InChI=1S/C16H23F3N2/c1-2-12-6-8-21(9-7-12)11-15(20)13-4-3-5-14(10-13)16(17,18)19/h3-5,10,12,15H,2,6-9,11,20H2,1H3. The maximum absolute atomic E-state index is 12.7. The predicted molar refractivity (Wildman–Crippen MR) is 77.8 cm³/mol. The summed E-state index contributed by atoms with van der Waals surface area (Å²) in [4.78, 5) is 2.26. The monoisotopic (exact) mass is 300 g/mol. The van der Waals surface area contributed by atoms with Crippen LogP contribution in [-0.2, 0) is 6.18 Å². The molecule has 1 heterocycles. The average molecular weight is 300 g/mol. The fraction of sp³-hybridized carbons (Fsp3) is 0.625. The second-order valence-corrected chi connectivity index (χ2v) is 5.88. The average Bonchev–Trinajstić information content (AvgIpc) is 2.47. The molecule has 5 heteroatoms. The predicted octanol–water partition coefficient (Wildman–Crippen LogP) is 3.83. The first-order valence-corrected chi connectivity index (χ1v) is 7.55. The van der Waals surface area contributed by atoms with Gasteiger partial charge in [0, 0.05) is 12.6 Å². The highest BCUT2D eigenvalue weighted by Gasteiger charge is 2.31. The van der Waals surface area contributed by atoms with Gasteiger partial charge in [0.2, 0.25) is 0 Å². The maximum atomic E-state index is 12.7. The van der Waals surface area contributed by atoms with Gasteiger partial charge in [-0.15, -0.1) is 0 Å². The van der Waals surface area contributed by atoms with E-state index in [0.717, 1.165) is 37.9 Å². The number of halogens is 3. The summed E-state index contributed by atoms with van der Waals surface area (Å²) in [6.45, 7) is 4.81. The lowest BCUT2D eigenvalue weighted by atomic mass is 9.94. The molecule has 2 rings (SSSR count). The number of hydrogen-bond acceptors (Lipinski definition) is 2. The molecule has 1 aliphatic rings. The van der Waals surface area contributed by atoms with Crippen molar-refractivity contribution < 1.29 is 13.2 Å². The minimum absolute atomic E-state index is 0.370. The fourth-order valence-electron chi connectivity index (χ4n) is 2.91. The second-order valence-electron chi connectivity index (χ2n) is 5.88. The third-order valence-corrected chi connectivity index (χ3v) is 4.38. The van der Waals surface area contributed by atoms with Crippen LogP contribution in [0.5, 0.6) is 0 Å². The van der Waals surface area contributed by atoms with E-state index in [-0.39, 0.29) is 6.04 Å². The minimum Gasteiger partial charge on any atom is -0.323 e. The van der Waals surface area contributed by atoms with Gasteiger partial charge in [-0.05, 0) is 49.5 Å². The van der Waals surface area contributed by atoms with Crippen LogP contribution in [0.2, 0.25) is 0 Å². The quantitative estimate of drug-likeness (QED) is 0.915. The Morgan fingerprint density at radius 2 is 1.95 bits per heavy atom. The first-order valence-electron chi connectivity index (χ1n) is 7.55. The molecule has 0 spiro atoms. The number of nitrogens with two attached hydrogens (primary N) is 1. The lowest BCUT2D eigenvalue weighted by Crippen LogP contribution is -2.38. The van der Waals surface area contributed by atoms with Gasteiger partial charge in [0.25, 0.3) is 0 Å². The zero-order valence-corrected chi connectivity index (χ0v) is 12.4. The van der Waals surface area contributed by atoms with Crippen LogP contribution in [0.25, 0.3) is 0 Å². The van der Waals surface area contributed by atoms with Crippen LogP contribution in [0.3, 0.4) is 0 Å². The topological polar surface area (TPSA) is 29.3 Å². The van der Waals surface area contributed by atoms with Crippen LogP contribution in [0, 0.1) is 5.92 Å². The second kappa shape index (κ2) is 6.79. The zero-order chi connectivity index (χ0) is 15.5. The molecule has 21 heavy (non-hydrogen) atoms. The lowest BCUT2D eigenvalue weighted by molar-refractivity contribution is -0.137. The van der Waals surface area contributed by atoms with E-state index >= 15 is 0 Å². The molecule has 1 unspecified atom stereocenters. The van der Waals surface area contributed by atoms with E-state index in [1.807, 2.05) is 0 Å². The van der Waals surface area contributed by atoms with Gasteiger partial charge in [-0.25, -0.2) is 0 Å². The smallest absolute Gasteiger partial charge is 0.323 e. The SMILES string of the molecule is CCC1CCN(CC(N)c2cccc(C(F)(F)F)c2)CC1. The Bertz CT molecular complexity index is 451. The van der Waals surface area contributed by atoms with Crippen LogP contribution in [0.4, 0.5) is 13.2 Å². The van der Waals surface area contributed by atoms with Crippen molar-refractivity contribution >= 4 is 0 Å². The van der Waals surface area contributed by atoms with Crippen molar-refractivity contribution in [3.63, 3.8) is 0 Å². The van der Waals surface area contributed by atoms with E-state index in [1.165, 1.54) is 18.6 Å². The summed E-state index contributed by atoms with van der Waals surface area (Å²) in [7, 11) is 0. The molecule has 0 saturated carbocycles. The van der Waals surface area contributed by atoms with E-state index in [1.54, 1.807) is 6.07 Å². The van der Waals surface area contributed by atoms with Gasteiger partial charge in [0.1, 0.15) is 0 Å². The molecule has 0 aliphatic carbocycles. The normalized spacial score (nSPS) is 19.7. The van der Waals surface area contributed by atoms with Crippen molar-refractivity contribution in [1.82, 2.24) is 4.90 Å². The molecule has 1 aromatic carbocycles. The molecular formula is C16H23F3N2. The molecule has 1 aliphatic heterocycles. The lowest BCUT2D eigenvalue weighted by Gasteiger charge is -2.33. The van der Waals surface area contributed by atoms with Crippen molar-refractivity contribution in [3.05, 3.63) is 35.4 Å². The van der Waals surface area contributed by atoms with Crippen LogP contribution < -0.4 is 5.73 Å². The highest BCUT2D eigenvalue weighted by atomic mass is 19.4. The van der Waals surface area contributed by atoms with Gasteiger partial charge >= 0.3 is 6.18 Å². The molecule has 0 amide bonds. The summed E-state index contributed by atoms with van der Waals surface area (Å²) in [5.41, 5.74) is 6.03. The number of hydrogen-bond donors (Lipinski definition) is 1. The summed E-state index contributed by atoms with van der Waals surface area (Å²) in [5.74, 6) is 0.783. The Hall–Kier alpha value is -1.07. The first-order chi connectivity index (χ1) is 9.90. The van der Waals surface area contributed by atoms with E-state index in [4.69, 9.17) is 5.73 Å². The summed E-state index contributed by atoms with van der Waals surface area (Å²) >= 11 is 0. The van der Waals surface area contributed by atoms with Crippen molar-refractivity contribution in [2.75, 3.05) is 19.6 Å². The minimum atomic E-state index is -4.31. The number of piperidine rings is 1. The number of nitrogens with zero attached hydrogens (tertiary/aromatic N) is 1. The van der Waals surface area contributed by atoms with Gasteiger partial charge in [-0.2, -0.15) is 13.2 Å². The molecule has 2 nitrogen and oxygen atoms in total. The van der Waals surface area contributed by atoms with Gasteiger partial charge in [-0.3, -0.25) is 0 Å². The summed E-state index contributed by atoms with van der Waals surface area (Å²) < 4.78 is 38.2. The van der Waals surface area contributed by atoms with E-state index in [9.17, 15) is 13.2 Å². The van der Waals surface area contributed by atoms with Gasteiger partial charge in [-0.1, -0.05) is 25.5 Å².